The fourth-order valence-electron chi connectivity index (χ4n) is 2.75. The third-order valence-electron chi connectivity index (χ3n) is 3.96. The van der Waals surface area contributed by atoms with E-state index in [0.29, 0.717) is 5.56 Å². The van der Waals surface area contributed by atoms with Crippen LogP contribution in [0.4, 0.5) is 5.69 Å². The van der Waals surface area contributed by atoms with Gasteiger partial charge in [0.15, 0.2) is 12.4 Å². The Kier molecular flexibility index (Phi) is 6.67. The molecule has 0 radical (unpaired) electrons. The molecule has 0 heterocycles. The zero-order chi connectivity index (χ0) is 19.1. The van der Waals surface area contributed by atoms with Crippen LogP contribution in [0.25, 0.3) is 0 Å². The highest BCUT2D eigenvalue weighted by Crippen LogP contribution is 2.21. The highest BCUT2D eigenvalue weighted by molar-refractivity contribution is 5.98. The van der Waals surface area contributed by atoms with Crippen molar-refractivity contribution in [2.45, 2.75) is 33.6 Å². The molecule has 2 aromatic carbocycles. The normalized spacial score (nSPS) is 10.3. The molecule has 0 aliphatic rings. The number of anilines is 1. The lowest BCUT2D eigenvalue weighted by Crippen LogP contribution is -2.22. The van der Waals surface area contributed by atoms with Gasteiger partial charge in [-0.2, -0.15) is 0 Å². The summed E-state index contributed by atoms with van der Waals surface area (Å²) >= 11 is 0. The zero-order valence-corrected chi connectivity index (χ0v) is 15.3. The Bertz CT molecular complexity index is 789. The van der Waals surface area contributed by atoms with Gasteiger partial charge < -0.3 is 10.1 Å². The lowest BCUT2D eigenvalue weighted by molar-refractivity contribution is -0.147. The smallest absolute Gasteiger partial charge is 0.306 e. The molecule has 0 unspecified atom stereocenters. The molecule has 0 atom stereocenters. The Morgan fingerprint density at radius 3 is 2.15 bits per heavy atom. The van der Waals surface area contributed by atoms with Gasteiger partial charge in [0.1, 0.15) is 0 Å². The van der Waals surface area contributed by atoms with E-state index in [1.165, 1.54) is 0 Å². The molecule has 2 rings (SSSR count). The molecular formula is C21H23NO4. The second-order valence-electron chi connectivity index (χ2n) is 6.27. The predicted molar refractivity (Wildman–Crippen MR) is 100 cm³/mol. The van der Waals surface area contributed by atoms with Gasteiger partial charge in [0.2, 0.25) is 0 Å². The van der Waals surface area contributed by atoms with Gasteiger partial charge in [0, 0.05) is 17.7 Å². The summed E-state index contributed by atoms with van der Waals surface area (Å²) in [7, 11) is 0. The van der Waals surface area contributed by atoms with Crippen LogP contribution in [0, 0.1) is 20.8 Å². The molecule has 136 valence electrons. The molecule has 0 spiro atoms. The number of rotatable bonds is 7. The van der Waals surface area contributed by atoms with Crippen molar-refractivity contribution in [1.82, 2.24) is 0 Å². The van der Waals surface area contributed by atoms with E-state index >= 15 is 0 Å². The van der Waals surface area contributed by atoms with Crippen LogP contribution in [0.2, 0.25) is 0 Å². The predicted octanol–water partition coefficient (Wildman–Crippen LogP) is 3.76. The van der Waals surface area contributed by atoms with Gasteiger partial charge >= 0.3 is 5.97 Å². The topological polar surface area (TPSA) is 72.5 Å². The van der Waals surface area contributed by atoms with Gasteiger partial charge in [-0.3, -0.25) is 14.4 Å². The van der Waals surface area contributed by atoms with E-state index in [2.05, 4.69) is 5.32 Å². The Balaban J connectivity index is 1.79. The van der Waals surface area contributed by atoms with Gasteiger partial charge in [0.25, 0.3) is 5.91 Å². The van der Waals surface area contributed by atoms with Gasteiger partial charge in [-0.1, -0.05) is 48.0 Å². The highest BCUT2D eigenvalue weighted by atomic mass is 16.5. The lowest BCUT2D eigenvalue weighted by Gasteiger charge is -2.13. The Morgan fingerprint density at radius 2 is 1.54 bits per heavy atom. The molecule has 5 nitrogen and oxygen atoms in total. The molecule has 0 fully saturated rings. The van der Waals surface area contributed by atoms with Crippen LogP contribution >= 0.6 is 0 Å². The summed E-state index contributed by atoms with van der Waals surface area (Å²) in [4.78, 5) is 35.7. The number of ketones is 1. The summed E-state index contributed by atoms with van der Waals surface area (Å²) < 4.78 is 4.96. The van der Waals surface area contributed by atoms with Crippen LogP contribution in [-0.4, -0.2) is 24.3 Å². The van der Waals surface area contributed by atoms with Crippen LogP contribution in [0.15, 0.2) is 42.5 Å². The lowest BCUT2D eigenvalue weighted by atomic mass is 10.1. The number of benzene rings is 2. The number of amides is 1. The quantitative estimate of drug-likeness (QED) is 0.608. The first kappa shape index (κ1) is 19.4. The average Bonchev–Trinajstić information content (AvgIpc) is 2.61. The number of hydrogen-bond acceptors (Lipinski definition) is 4. The van der Waals surface area contributed by atoms with E-state index < -0.39 is 11.9 Å². The number of hydrogen-bond donors (Lipinski definition) is 1. The first-order valence-electron chi connectivity index (χ1n) is 8.48. The van der Waals surface area contributed by atoms with E-state index in [-0.39, 0.29) is 25.2 Å². The molecule has 1 amide bonds. The molecule has 26 heavy (non-hydrogen) atoms. The number of carbonyl (C=O) groups excluding carboxylic acids is 3. The van der Waals surface area contributed by atoms with Crippen LogP contribution in [0.1, 0.15) is 39.9 Å². The first-order valence-corrected chi connectivity index (χ1v) is 8.48. The van der Waals surface area contributed by atoms with Gasteiger partial charge in [0.05, 0.1) is 6.42 Å². The monoisotopic (exact) mass is 353 g/mol. The largest absolute Gasteiger partial charge is 0.456 e. The van der Waals surface area contributed by atoms with Crippen LogP contribution in [0.5, 0.6) is 0 Å². The number of nitrogens with one attached hydrogen (secondary N) is 1. The molecule has 0 saturated heterocycles. The maximum absolute atomic E-state index is 12.0. The minimum absolute atomic E-state index is 0.0520. The summed E-state index contributed by atoms with van der Waals surface area (Å²) in [5.41, 5.74) is 4.32. The molecule has 1 N–H and O–H groups in total. The van der Waals surface area contributed by atoms with E-state index in [9.17, 15) is 14.4 Å². The first-order chi connectivity index (χ1) is 12.4. The minimum atomic E-state index is -0.568. The average molecular weight is 353 g/mol. The number of carbonyl (C=O) groups is 3. The van der Waals surface area contributed by atoms with Crippen molar-refractivity contribution in [3.8, 4) is 0 Å². The third-order valence-corrected chi connectivity index (χ3v) is 3.96. The number of aryl methyl sites for hydroxylation is 3. The maximum atomic E-state index is 12.0. The standard InChI is InChI=1S/C21H23NO4/c1-14-11-15(2)21(16(3)12-14)22-19(24)13-26-20(25)10-9-18(23)17-7-5-4-6-8-17/h4-8,11-12H,9-10,13H2,1-3H3,(H,22,24). The SMILES string of the molecule is Cc1cc(C)c(NC(=O)COC(=O)CCC(=O)c2ccccc2)c(C)c1. The Hall–Kier alpha value is -2.95. The summed E-state index contributed by atoms with van der Waals surface area (Å²) in [5, 5.41) is 2.77. The van der Waals surface area contributed by atoms with Gasteiger partial charge in [-0.05, 0) is 31.9 Å². The molecule has 0 bridgehead atoms. The number of Topliss-reactive ketones (excluding diaryl/α,β-unsaturated/α-hetero) is 1. The zero-order valence-electron chi connectivity index (χ0n) is 15.3. The third kappa shape index (κ3) is 5.55. The second-order valence-corrected chi connectivity index (χ2v) is 6.27. The van der Waals surface area contributed by atoms with Crippen molar-refractivity contribution in [2.24, 2.45) is 0 Å². The fourth-order valence-corrected chi connectivity index (χ4v) is 2.75. The van der Waals surface area contributed by atoms with Crippen LogP contribution in [0.3, 0.4) is 0 Å². The molecular weight excluding hydrogens is 330 g/mol. The van der Waals surface area contributed by atoms with E-state index in [1.807, 2.05) is 39.0 Å². The summed E-state index contributed by atoms with van der Waals surface area (Å²) in [6.07, 6.45) is 0.00421. The van der Waals surface area contributed by atoms with Crippen molar-refractivity contribution >= 4 is 23.3 Å². The van der Waals surface area contributed by atoms with E-state index in [4.69, 9.17) is 4.74 Å². The van der Waals surface area contributed by atoms with Crippen LogP contribution in [-0.2, 0) is 14.3 Å². The Labute approximate surface area is 153 Å². The van der Waals surface area contributed by atoms with Crippen LogP contribution < -0.4 is 5.32 Å². The minimum Gasteiger partial charge on any atom is -0.456 e. The second kappa shape index (κ2) is 8.94. The fraction of sp³-hybridized carbons (Fsp3) is 0.286. The summed E-state index contributed by atoms with van der Waals surface area (Å²) in [6.45, 7) is 5.45. The van der Waals surface area contributed by atoms with Gasteiger partial charge in [-0.15, -0.1) is 0 Å². The van der Waals surface area contributed by atoms with Crippen molar-refractivity contribution in [3.05, 3.63) is 64.7 Å². The molecule has 0 aliphatic heterocycles. The molecule has 2 aromatic rings. The number of ether oxygens (including phenoxy) is 1. The molecule has 0 saturated carbocycles. The van der Waals surface area contributed by atoms with Crippen molar-refractivity contribution in [2.75, 3.05) is 11.9 Å². The van der Waals surface area contributed by atoms with E-state index in [0.717, 1.165) is 22.4 Å². The van der Waals surface area contributed by atoms with Gasteiger partial charge in [-0.25, -0.2) is 0 Å². The van der Waals surface area contributed by atoms with Crippen molar-refractivity contribution in [3.63, 3.8) is 0 Å². The Morgan fingerprint density at radius 1 is 0.923 bits per heavy atom. The maximum Gasteiger partial charge on any atom is 0.306 e. The highest BCUT2D eigenvalue weighted by Gasteiger charge is 2.13. The number of esters is 1. The van der Waals surface area contributed by atoms with Crippen molar-refractivity contribution < 1.29 is 19.1 Å². The molecule has 0 aromatic heterocycles. The summed E-state index contributed by atoms with van der Waals surface area (Å²) in [6, 6.07) is 12.7. The van der Waals surface area contributed by atoms with E-state index in [1.54, 1.807) is 24.3 Å². The molecule has 0 aliphatic carbocycles. The molecule has 5 heteroatoms. The van der Waals surface area contributed by atoms with Crippen molar-refractivity contribution in [1.29, 1.82) is 0 Å². The summed E-state index contributed by atoms with van der Waals surface area (Å²) in [5.74, 6) is -1.09.